The summed E-state index contributed by atoms with van der Waals surface area (Å²) in [6.07, 6.45) is 2.08. The maximum atomic E-state index is 12.4. The normalized spacial score (nSPS) is 25.8. The van der Waals surface area contributed by atoms with Gasteiger partial charge in [0.25, 0.3) is 0 Å². The van der Waals surface area contributed by atoms with Gasteiger partial charge in [0.2, 0.25) is 15.9 Å². The minimum Gasteiger partial charge on any atom is -0.367 e. The third kappa shape index (κ3) is 2.62. The Kier molecular flexibility index (Phi) is 3.71. The van der Waals surface area contributed by atoms with Gasteiger partial charge in [-0.3, -0.25) is 4.79 Å². The summed E-state index contributed by atoms with van der Waals surface area (Å²) in [4.78, 5) is 12.8. The Bertz CT molecular complexity index is 732. The maximum Gasteiger partial charge on any atom is 0.242 e. The molecule has 1 saturated heterocycles. The predicted molar refractivity (Wildman–Crippen MR) is 80.7 cm³/mol. The number of sulfonamides is 1. The second-order valence-electron chi connectivity index (χ2n) is 5.81. The van der Waals surface area contributed by atoms with Crippen molar-refractivity contribution in [1.29, 1.82) is 0 Å². The molecule has 6 nitrogen and oxygen atoms in total. The molecule has 1 saturated carbocycles. The molecule has 0 spiro atoms. The molecular formula is C14H17ClN2O4S. The van der Waals surface area contributed by atoms with Crippen molar-refractivity contribution in [3.63, 3.8) is 0 Å². The van der Waals surface area contributed by atoms with Gasteiger partial charge in [-0.25, -0.2) is 13.1 Å². The lowest BCUT2D eigenvalue weighted by Gasteiger charge is -2.31. The van der Waals surface area contributed by atoms with Crippen LogP contribution in [0.5, 0.6) is 0 Å². The van der Waals surface area contributed by atoms with E-state index in [1.165, 1.54) is 24.1 Å². The number of likely N-dealkylation sites (tertiary alicyclic amines) is 1. The van der Waals surface area contributed by atoms with Crippen LogP contribution in [-0.2, 0) is 20.5 Å². The van der Waals surface area contributed by atoms with Crippen LogP contribution in [0.15, 0.2) is 23.1 Å². The van der Waals surface area contributed by atoms with Crippen LogP contribution in [0.4, 0.5) is 0 Å². The second-order valence-corrected chi connectivity index (χ2v) is 7.90. The number of hydrogen-bond acceptors (Lipinski definition) is 4. The first kappa shape index (κ1) is 15.7. The number of rotatable bonds is 4. The number of nitrogens with one attached hydrogen (secondary N) is 1. The first-order valence-corrected chi connectivity index (χ1v) is 8.91. The van der Waals surface area contributed by atoms with Crippen LogP contribution in [-0.4, -0.2) is 37.4 Å². The summed E-state index contributed by atoms with van der Waals surface area (Å²) >= 11 is 6.02. The number of amides is 1. The van der Waals surface area contributed by atoms with Crippen molar-refractivity contribution in [3.8, 4) is 0 Å². The first-order valence-electron chi connectivity index (χ1n) is 7.05. The van der Waals surface area contributed by atoms with E-state index in [0.29, 0.717) is 5.56 Å². The van der Waals surface area contributed by atoms with Crippen molar-refractivity contribution in [3.05, 3.63) is 28.8 Å². The van der Waals surface area contributed by atoms with Crippen LogP contribution in [0.1, 0.15) is 31.2 Å². The standard InChI is InChI=1S/C14H17ClN2O4S/c1-17-13(18)6-7-14(17,19)9-2-5-11(15)12(8-9)22(20,21)16-10-3-4-10/h2,5,8,10,16,19H,3-4,6-7H2,1H3. The lowest BCUT2D eigenvalue weighted by molar-refractivity contribution is -0.142. The zero-order valence-electron chi connectivity index (χ0n) is 12.0. The topological polar surface area (TPSA) is 86.7 Å². The molecule has 2 aliphatic rings. The van der Waals surface area contributed by atoms with Crippen molar-refractivity contribution in [1.82, 2.24) is 9.62 Å². The lowest BCUT2D eigenvalue weighted by Crippen LogP contribution is -2.40. The maximum absolute atomic E-state index is 12.4. The molecule has 2 N–H and O–H groups in total. The van der Waals surface area contributed by atoms with Crippen LogP contribution >= 0.6 is 11.6 Å². The number of nitrogens with zero attached hydrogens (tertiary/aromatic N) is 1. The SMILES string of the molecule is CN1C(=O)CCC1(O)c1ccc(Cl)c(S(=O)(=O)NC2CC2)c1. The minimum atomic E-state index is -3.73. The molecule has 22 heavy (non-hydrogen) atoms. The Morgan fingerprint density at radius 2 is 2.09 bits per heavy atom. The number of carbonyl (C=O) groups excluding carboxylic acids is 1. The van der Waals surface area contributed by atoms with Gasteiger partial charge < -0.3 is 10.0 Å². The third-order valence-electron chi connectivity index (χ3n) is 4.20. The molecule has 1 aromatic rings. The highest BCUT2D eigenvalue weighted by Crippen LogP contribution is 2.38. The predicted octanol–water partition coefficient (Wildman–Crippen LogP) is 1.18. The first-order chi connectivity index (χ1) is 10.2. The average Bonchev–Trinajstić information content (AvgIpc) is 3.22. The fourth-order valence-electron chi connectivity index (χ4n) is 2.60. The van der Waals surface area contributed by atoms with Gasteiger partial charge in [-0.15, -0.1) is 0 Å². The molecule has 120 valence electrons. The van der Waals surface area contributed by atoms with E-state index >= 15 is 0 Å². The molecule has 1 aliphatic carbocycles. The molecule has 1 aromatic carbocycles. The van der Waals surface area contributed by atoms with E-state index in [1.54, 1.807) is 6.07 Å². The molecule has 0 bridgehead atoms. The summed E-state index contributed by atoms with van der Waals surface area (Å²) in [5.74, 6) is -0.182. The van der Waals surface area contributed by atoms with Crippen molar-refractivity contribution in [2.45, 2.75) is 42.3 Å². The van der Waals surface area contributed by atoms with Gasteiger partial charge in [0.05, 0.1) is 5.02 Å². The van der Waals surface area contributed by atoms with E-state index in [0.717, 1.165) is 12.8 Å². The van der Waals surface area contributed by atoms with E-state index in [1.807, 2.05) is 0 Å². The molecule has 1 amide bonds. The minimum absolute atomic E-state index is 0.0384. The number of hydrogen-bond donors (Lipinski definition) is 2. The van der Waals surface area contributed by atoms with E-state index in [4.69, 9.17) is 11.6 Å². The Balaban J connectivity index is 2.01. The van der Waals surface area contributed by atoms with Gasteiger partial charge in [0.1, 0.15) is 4.90 Å². The van der Waals surface area contributed by atoms with E-state index < -0.39 is 15.7 Å². The highest BCUT2D eigenvalue weighted by Gasteiger charge is 2.43. The number of benzene rings is 1. The van der Waals surface area contributed by atoms with Gasteiger partial charge >= 0.3 is 0 Å². The zero-order valence-corrected chi connectivity index (χ0v) is 13.6. The van der Waals surface area contributed by atoms with Crippen LogP contribution < -0.4 is 4.72 Å². The molecule has 3 rings (SSSR count). The van der Waals surface area contributed by atoms with E-state index in [-0.39, 0.29) is 34.7 Å². The number of halogens is 1. The second kappa shape index (κ2) is 5.19. The van der Waals surface area contributed by atoms with Crippen molar-refractivity contribution >= 4 is 27.5 Å². The molecule has 0 radical (unpaired) electrons. The van der Waals surface area contributed by atoms with Crippen LogP contribution in [0, 0.1) is 0 Å². The number of aliphatic hydroxyl groups is 1. The zero-order chi connectivity index (χ0) is 16.1. The van der Waals surface area contributed by atoms with Gasteiger partial charge in [0.15, 0.2) is 5.72 Å². The molecule has 8 heteroatoms. The van der Waals surface area contributed by atoms with Crippen LogP contribution in [0.25, 0.3) is 0 Å². The summed E-state index contributed by atoms with van der Waals surface area (Å²) < 4.78 is 27.3. The van der Waals surface area contributed by atoms with Gasteiger partial charge in [0, 0.05) is 31.5 Å². The van der Waals surface area contributed by atoms with Crippen LogP contribution in [0.3, 0.4) is 0 Å². The van der Waals surface area contributed by atoms with Crippen molar-refractivity contribution < 1.29 is 18.3 Å². The highest BCUT2D eigenvalue weighted by molar-refractivity contribution is 7.89. The summed E-state index contributed by atoms with van der Waals surface area (Å²) in [5, 5.41) is 10.8. The molecule has 1 atom stereocenters. The molecule has 1 unspecified atom stereocenters. The van der Waals surface area contributed by atoms with Gasteiger partial charge in [-0.05, 0) is 25.0 Å². The Hall–Kier alpha value is -1.15. The molecular weight excluding hydrogens is 328 g/mol. The largest absolute Gasteiger partial charge is 0.367 e. The highest BCUT2D eigenvalue weighted by atomic mass is 35.5. The quantitative estimate of drug-likeness (QED) is 0.858. The van der Waals surface area contributed by atoms with Crippen LogP contribution in [0.2, 0.25) is 5.02 Å². The summed E-state index contributed by atoms with van der Waals surface area (Å²) in [7, 11) is -2.23. The Morgan fingerprint density at radius 3 is 2.64 bits per heavy atom. The summed E-state index contributed by atoms with van der Waals surface area (Å²) in [6.45, 7) is 0. The fraction of sp³-hybridized carbons (Fsp3) is 0.500. The summed E-state index contributed by atoms with van der Waals surface area (Å²) in [6, 6.07) is 4.30. The Morgan fingerprint density at radius 1 is 1.41 bits per heavy atom. The van der Waals surface area contributed by atoms with E-state index in [2.05, 4.69) is 4.72 Å². The van der Waals surface area contributed by atoms with Crippen molar-refractivity contribution in [2.75, 3.05) is 7.05 Å². The average molecular weight is 345 g/mol. The van der Waals surface area contributed by atoms with Crippen molar-refractivity contribution in [2.24, 2.45) is 0 Å². The lowest BCUT2D eigenvalue weighted by atomic mass is 10.0. The molecule has 2 fully saturated rings. The fourth-order valence-corrected chi connectivity index (χ4v) is 4.43. The summed E-state index contributed by atoms with van der Waals surface area (Å²) in [5.41, 5.74) is -1.15. The third-order valence-corrected chi connectivity index (χ3v) is 6.20. The Labute approximate surface area is 134 Å². The monoisotopic (exact) mass is 344 g/mol. The number of carbonyl (C=O) groups is 1. The molecule has 0 aromatic heterocycles. The molecule has 1 heterocycles. The molecule has 1 aliphatic heterocycles. The van der Waals surface area contributed by atoms with Gasteiger partial charge in [-0.2, -0.15) is 0 Å². The smallest absolute Gasteiger partial charge is 0.242 e. The van der Waals surface area contributed by atoms with E-state index in [9.17, 15) is 18.3 Å². The van der Waals surface area contributed by atoms with Gasteiger partial charge in [-0.1, -0.05) is 17.7 Å².